The zero-order chi connectivity index (χ0) is 19.2. The highest BCUT2D eigenvalue weighted by molar-refractivity contribution is 7.99. The van der Waals surface area contributed by atoms with Gasteiger partial charge < -0.3 is 15.9 Å². The number of hydrogen-bond acceptors (Lipinski definition) is 6. The summed E-state index contributed by atoms with van der Waals surface area (Å²) in [6, 6.07) is 14.7. The Hall–Kier alpha value is -2.71. The number of nitrogens with two attached hydrogens (primary N) is 1. The quantitative estimate of drug-likeness (QED) is 0.465. The normalized spacial score (nSPS) is 10.6. The molecule has 0 saturated heterocycles. The number of hydrogen-bond donors (Lipinski definition) is 2. The van der Waals surface area contributed by atoms with Gasteiger partial charge in [-0.3, -0.25) is 4.79 Å². The number of nitrogens with zero attached hydrogens (tertiary/aromatic N) is 3. The number of anilines is 1. The Bertz CT molecular complexity index is 930. The monoisotopic (exact) mass is 403 g/mol. The topological polar surface area (TPSA) is 95.1 Å². The van der Waals surface area contributed by atoms with Gasteiger partial charge in [-0.05, 0) is 29.8 Å². The number of rotatable bonds is 7. The maximum absolute atomic E-state index is 12.1. The van der Waals surface area contributed by atoms with Gasteiger partial charge in [0, 0.05) is 6.42 Å². The van der Waals surface area contributed by atoms with Crippen LogP contribution in [-0.2, 0) is 11.2 Å². The lowest BCUT2D eigenvalue weighted by atomic mass is 10.1. The Labute approximate surface area is 165 Å². The fraction of sp³-hybridized carbons (Fsp3) is 0.167. The van der Waals surface area contributed by atoms with Crippen molar-refractivity contribution in [3.05, 3.63) is 64.9 Å². The standard InChI is InChI=1S/C18H18ClN5O2S/c1-26-13-8-6-12(7-9-13)10-16-22-23-18(24(16)20)27-11-17(25)21-15-5-3-2-4-14(15)19/h2-9H,10-11,20H2,1H3,(H,21,25). The highest BCUT2D eigenvalue weighted by Gasteiger charge is 2.13. The van der Waals surface area contributed by atoms with Crippen LogP contribution in [0.25, 0.3) is 0 Å². The van der Waals surface area contributed by atoms with Gasteiger partial charge in [-0.25, -0.2) is 4.68 Å². The van der Waals surface area contributed by atoms with Crippen LogP contribution in [0.5, 0.6) is 5.75 Å². The average Bonchev–Trinajstić information content (AvgIpc) is 3.02. The molecule has 0 bridgehead atoms. The minimum absolute atomic E-state index is 0.142. The lowest BCUT2D eigenvalue weighted by Gasteiger charge is -2.07. The summed E-state index contributed by atoms with van der Waals surface area (Å²) in [6.07, 6.45) is 0.528. The van der Waals surface area contributed by atoms with Gasteiger partial charge in [-0.15, -0.1) is 10.2 Å². The van der Waals surface area contributed by atoms with Gasteiger partial charge in [0.25, 0.3) is 0 Å². The fourth-order valence-corrected chi connectivity index (χ4v) is 3.19. The van der Waals surface area contributed by atoms with Gasteiger partial charge >= 0.3 is 0 Å². The number of halogens is 1. The maximum atomic E-state index is 12.1. The summed E-state index contributed by atoms with van der Waals surface area (Å²) in [5.41, 5.74) is 1.60. The van der Waals surface area contributed by atoms with Crippen molar-refractivity contribution >= 4 is 35.0 Å². The Balaban J connectivity index is 1.58. The molecule has 140 valence electrons. The lowest BCUT2D eigenvalue weighted by molar-refractivity contribution is -0.113. The highest BCUT2D eigenvalue weighted by atomic mass is 35.5. The first kappa shape index (κ1) is 19.1. The number of methoxy groups -OCH3 is 1. The second-order valence-electron chi connectivity index (χ2n) is 5.61. The van der Waals surface area contributed by atoms with Crippen molar-refractivity contribution < 1.29 is 9.53 Å². The number of para-hydroxylation sites is 1. The Morgan fingerprint density at radius 1 is 1.22 bits per heavy atom. The van der Waals surface area contributed by atoms with Gasteiger partial charge in [-0.1, -0.05) is 47.6 Å². The van der Waals surface area contributed by atoms with Crippen LogP contribution in [0.1, 0.15) is 11.4 Å². The van der Waals surface area contributed by atoms with E-state index < -0.39 is 0 Å². The van der Waals surface area contributed by atoms with E-state index in [0.29, 0.717) is 28.1 Å². The zero-order valence-electron chi connectivity index (χ0n) is 14.6. The predicted molar refractivity (Wildman–Crippen MR) is 107 cm³/mol. The van der Waals surface area contributed by atoms with E-state index >= 15 is 0 Å². The van der Waals surface area contributed by atoms with Crippen LogP contribution in [0.4, 0.5) is 5.69 Å². The molecule has 1 aromatic heterocycles. The molecule has 0 saturated carbocycles. The van der Waals surface area contributed by atoms with E-state index in [1.807, 2.05) is 24.3 Å². The summed E-state index contributed by atoms with van der Waals surface area (Å²) in [7, 11) is 1.62. The van der Waals surface area contributed by atoms with E-state index in [4.69, 9.17) is 22.2 Å². The lowest BCUT2D eigenvalue weighted by Crippen LogP contribution is -2.17. The SMILES string of the molecule is COc1ccc(Cc2nnc(SCC(=O)Nc3ccccc3Cl)n2N)cc1. The van der Waals surface area contributed by atoms with E-state index in [1.54, 1.807) is 31.4 Å². The molecule has 3 N–H and O–H groups in total. The molecule has 1 heterocycles. The molecular formula is C18H18ClN5O2S. The first-order valence-electron chi connectivity index (χ1n) is 8.06. The van der Waals surface area contributed by atoms with E-state index in [1.165, 1.54) is 16.4 Å². The van der Waals surface area contributed by atoms with Gasteiger partial charge in [-0.2, -0.15) is 0 Å². The van der Waals surface area contributed by atoms with Crippen molar-refractivity contribution in [3.8, 4) is 5.75 Å². The van der Waals surface area contributed by atoms with Gasteiger partial charge in [0.1, 0.15) is 5.75 Å². The second-order valence-corrected chi connectivity index (χ2v) is 6.96. The van der Waals surface area contributed by atoms with Gasteiger partial charge in [0.2, 0.25) is 11.1 Å². The summed E-state index contributed by atoms with van der Waals surface area (Å²) in [5, 5.41) is 11.9. The van der Waals surface area contributed by atoms with E-state index in [-0.39, 0.29) is 11.7 Å². The van der Waals surface area contributed by atoms with E-state index in [0.717, 1.165) is 11.3 Å². The van der Waals surface area contributed by atoms with Crippen molar-refractivity contribution in [2.75, 3.05) is 24.0 Å². The molecule has 0 fully saturated rings. The maximum Gasteiger partial charge on any atom is 0.234 e. The molecule has 2 aromatic carbocycles. The molecule has 0 spiro atoms. The summed E-state index contributed by atoms with van der Waals surface area (Å²) in [4.78, 5) is 12.1. The molecule has 0 unspecified atom stereocenters. The molecule has 0 atom stereocenters. The van der Waals surface area contributed by atoms with Crippen molar-refractivity contribution in [2.45, 2.75) is 11.6 Å². The summed E-state index contributed by atoms with van der Waals surface area (Å²) < 4.78 is 6.54. The van der Waals surface area contributed by atoms with Gasteiger partial charge in [0.15, 0.2) is 5.82 Å². The van der Waals surface area contributed by atoms with Gasteiger partial charge in [0.05, 0.1) is 23.6 Å². The Kier molecular flexibility index (Phi) is 6.20. The van der Waals surface area contributed by atoms with Crippen molar-refractivity contribution in [3.63, 3.8) is 0 Å². The third kappa shape index (κ3) is 4.93. The van der Waals surface area contributed by atoms with Crippen molar-refractivity contribution in [1.29, 1.82) is 0 Å². The number of benzene rings is 2. The van der Waals surface area contributed by atoms with E-state index in [9.17, 15) is 4.79 Å². The van der Waals surface area contributed by atoms with Crippen LogP contribution in [-0.4, -0.2) is 33.6 Å². The summed E-state index contributed by atoms with van der Waals surface area (Å²) in [6.45, 7) is 0. The van der Waals surface area contributed by atoms with Crippen LogP contribution in [0.3, 0.4) is 0 Å². The van der Waals surface area contributed by atoms with Crippen molar-refractivity contribution in [2.24, 2.45) is 0 Å². The molecule has 1 amide bonds. The van der Waals surface area contributed by atoms with Crippen molar-refractivity contribution in [1.82, 2.24) is 14.9 Å². The zero-order valence-corrected chi connectivity index (χ0v) is 16.1. The number of aromatic nitrogens is 3. The Morgan fingerprint density at radius 3 is 2.67 bits per heavy atom. The largest absolute Gasteiger partial charge is 0.497 e. The molecule has 27 heavy (non-hydrogen) atoms. The number of ether oxygens (including phenoxy) is 1. The molecule has 3 aromatic rings. The average molecular weight is 404 g/mol. The van der Waals surface area contributed by atoms with E-state index in [2.05, 4.69) is 15.5 Å². The minimum Gasteiger partial charge on any atom is -0.497 e. The number of carbonyl (C=O) groups is 1. The third-order valence-corrected chi connectivity index (χ3v) is 5.01. The minimum atomic E-state index is -0.201. The molecule has 0 aliphatic carbocycles. The fourth-order valence-electron chi connectivity index (χ4n) is 2.33. The molecule has 7 nitrogen and oxygen atoms in total. The van der Waals surface area contributed by atoms with Crippen LogP contribution in [0.15, 0.2) is 53.7 Å². The summed E-state index contributed by atoms with van der Waals surface area (Å²) in [5.74, 6) is 7.40. The second kappa shape index (κ2) is 8.79. The number of thioether (sulfide) groups is 1. The molecule has 0 aliphatic heterocycles. The third-order valence-electron chi connectivity index (χ3n) is 3.74. The number of nitrogen functional groups attached to an aromatic ring is 1. The van der Waals surface area contributed by atoms with Crippen LogP contribution in [0, 0.1) is 0 Å². The molecule has 3 rings (SSSR count). The molecule has 0 radical (unpaired) electrons. The Morgan fingerprint density at radius 2 is 1.96 bits per heavy atom. The first-order valence-corrected chi connectivity index (χ1v) is 9.42. The molecular weight excluding hydrogens is 386 g/mol. The van der Waals surface area contributed by atoms with Crippen LogP contribution >= 0.6 is 23.4 Å². The number of amides is 1. The number of nitrogens with one attached hydrogen (secondary N) is 1. The first-order chi connectivity index (χ1) is 13.1. The summed E-state index contributed by atoms with van der Waals surface area (Å²) >= 11 is 7.24. The predicted octanol–water partition coefficient (Wildman–Crippen LogP) is 2.98. The highest BCUT2D eigenvalue weighted by Crippen LogP contribution is 2.22. The van der Waals surface area contributed by atoms with Crippen LogP contribution < -0.4 is 15.9 Å². The molecule has 0 aliphatic rings. The smallest absolute Gasteiger partial charge is 0.234 e. The molecule has 9 heteroatoms. The number of carbonyl (C=O) groups excluding carboxylic acids is 1. The van der Waals surface area contributed by atoms with Crippen LogP contribution in [0.2, 0.25) is 5.02 Å².